The molecule has 200 valence electrons. The first kappa shape index (κ1) is 28.0. The summed E-state index contributed by atoms with van der Waals surface area (Å²) in [4.78, 5) is 17.3. The van der Waals surface area contributed by atoms with E-state index in [4.69, 9.17) is 9.47 Å². The molecule has 0 unspecified atom stereocenters. The van der Waals surface area contributed by atoms with E-state index in [1.807, 2.05) is 61.5 Å². The average molecular weight is 587 g/mol. The van der Waals surface area contributed by atoms with Gasteiger partial charge in [0.25, 0.3) is 5.91 Å². The van der Waals surface area contributed by atoms with Crippen LogP contribution in [0.2, 0.25) is 0 Å². The predicted molar refractivity (Wildman–Crippen MR) is 159 cm³/mol. The molecule has 3 aromatic carbocycles. The number of benzene rings is 3. The zero-order chi connectivity index (χ0) is 27.6. The van der Waals surface area contributed by atoms with Gasteiger partial charge < -0.3 is 19.3 Å². The first-order chi connectivity index (χ1) is 19.0. The van der Waals surface area contributed by atoms with E-state index in [0.717, 1.165) is 34.4 Å². The molecule has 1 heterocycles. The molecule has 0 bridgehead atoms. The van der Waals surface area contributed by atoms with Crippen molar-refractivity contribution in [1.29, 1.82) is 5.26 Å². The van der Waals surface area contributed by atoms with Gasteiger partial charge >= 0.3 is 0 Å². The fourth-order valence-electron chi connectivity index (χ4n) is 4.52. The van der Waals surface area contributed by atoms with E-state index in [2.05, 4.69) is 45.6 Å². The Bertz CT molecular complexity index is 1360. The predicted octanol–water partition coefficient (Wildman–Crippen LogP) is 6.41. The molecular weight excluding hydrogens is 554 g/mol. The minimum absolute atomic E-state index is 0.0960. The number of nitriles is 1. The van der Waals surface area contributed by atoms with Gasteiger partial charge in [-0.25, -0.2) is 0 Å². The van der Waals surface area contributed by atoms with Crippen molar-refractivity contribution in [2.45, 2.75) is 20.0 Å². The van der Waals surface area contributed by atoms with Crippen molar-refractivity contribution < 1.29 is 14.3 Å². The second-order valence-corrected chi connectivity index (χ2v) is 10.0. The third kappa shape index (κ3) is 7.30. The lowest BCUT2D eigenvalue weighted by Gasteiger charge is -2.36. The Morgan fingerprint density at radius 2 is 1.77 bits per heavy atom. The van der Waals surface area contributed by atoms with E-state index in [1.165, 1.54) is 0 Å². The van der Waals surface area contributed by atoms with Crippen molar-refractivity contribution in [3.63, 3.8) is 0 Å². The van der Waals surface area contributed by atoms with Crippen LogP contribution in [0.25, 0.3) is 6.08 Å². The summed E-state index contributed by atoms with van der Waals surface area (Å²) in [7, 11) is 0. The first-order valence-electron chi connectivity index (χ1n) is 13.0. The third-order valence-electron chi connectivity index (χ3n) is 6.46. The van der Waals surface area contributed by atoms with Crippen molar-refractivity contribution in [3.8, 4) is 17.6 Å². The summed E-state index contributed by atoms with van der Waals surface area (Å²) in [6.45, 7) is 9.18. The molecule has 1 fully saturated rings. The highest BCUT2D eigenvalue weighted by molar-refractivity contribution is 9.10. The summed E-state index contributed by atoms with van der Waals surface area (Å²) >= 11 is 3.46. The second-order valence-electron chi connectivity index (χ2n) is 9.13. The summed E-state index contributed by atoms with van der Waals surface area (Å²) in [5, 5.41) is 9.90. The normalized spacial score (nSPS) is 13.5. The number of ether oxygens (including phenoxy) is 2. The van der Waals surface area contributed by atoms with E-state index in [1.54, 1.807) is 17.1 Å². The van der Waals surface area contributed by atoms with Crippen LogP contribution >= 0.6 is 15.9 Å². The Hall–Kier alpha value is -4.02. The molecule has 1 aliphatic rings. The molecule has 3 aromatic rings. The topological polar surface area (TPSA) is 65.8 Å². The summed E-state index contributed by atoms with van der Waals surface area (Å²) in [6.07, 6.45) is 3.99. The Balaban J connectivity index is 1.54. The SMILES string of the molecule is C=CCc1cc(/C=C(/C#N)C(=O)N2CCN(c3ccccc3)CC2)cc(OCC)c1OCc1ccc(Br)cc1. The van der Waals surface area contributed by atoms with Crippen LogP contribution in [-0.4, -0.2) is 43.6 Å². The Labute approximate surface area is 238 Å². The monoisotopic (exact) mass is 585 g/mol. The number of hydrogen-bond acceptors (Lipinski definition) is 5. The van der Waals surface area contributed by atoms with Gasteiger partial charge in [-0.1, -0.05) is 52.3 Å². The molecule has 0 aromatic heterocycles. The van der Waals surface area contributed by atoms with Crippen LogP contribution in [-0.2, 0) is 17.8 Å². The van der Waals surface area contributed by atoms with Gasteiger partial charge in [0.15, 0.2) is 11.5 Å². The molecule has 1 aliphatic heterocycles. The highest BCUT2D eigenvalue weighted by atomic mass is 79.9. The van der Waals surface area contributed by atoms with Crippen molar-refractivity contribution >= 4 is 33.6 Å². The highest BCUT2D eigenvalue weighted by Crippen LogP contribution is 2.35. The number of hydrogen-bond donors (Lipinski definition) is 0. The van der Waals surface area contributed by atoms with Gasteiger partial charge in [-0.3, -0.25) is 4.79 Å². The van der Waals surface area contributed by atoms with Crippen LogP contribution in [0.1, 0.15) is 23.6 Å². The summed E-state index contributed by atoms with van der Waals surface area (Å²) in [6, 6.07) is 24.0. The third-order valence-corrected chi connectivity index (χ3v) is 6.99. The van der Waals surface area contributed by atoms with Gasteiger partial charge in [-0.15, -0.1) is 6.58 Å². The Morgan fingerprint density at radius 3 is 2.41 bits per heavy atom. The lowest BCUT2D eigenvalue weighted by molar-refractivity contribution is -0.126. The van der Waals surface area contributed by atoms with Crippen LogP contribution < -0.4 is 14.4 Å². The van der Waals surface area contributed by atoms with Gasteiger partial charge in [0.2, 0.25) is 0 Å². The molecule has 4 rings (SSSR count). The second kappa shape index (κ2) is 13.7. The molecule has 0 atom stereocenters. The van der Waals surface area contributed by atoms with Gasteiger partial charge in [0.1, 0.15) is 18.2 Å². The van der Waals surface area contributed by atoms with Crippen LogP contribution in [0.3, 0.4) is 0 Å². The van der Waals surface area contributed by atoms with Gasteiger partial charge in [-0.2, -0.15) is 5.26 Å². The van der Waals surface area contributed by atoms with Crippen molar-refractivity contribution in [3.05, 3.63) is 106 Å². The van der Waals surface area contributed by atoms with Crippen molar-refractivity contribution in [2.24, 2.45) is 0 Å². The maximum Gasteiger partial charge on any atom is 0.264 e. The molecule has 0 N–H and O–H groups in total. The zero-order valence-corrected chi connectivity index (χ0v) is 23.7. The van der Waals surface area contributed by atoms with Gasteiger partial charge in [0, 0.05) is 41.9 Å². The summed E-state index contributed by atoms with van der Waals surface area (Å²) in [5.41, 5.74) is 3.85. The first-order valence-corrected chi connectivity index (χ1v) is 13.8. The maximum absolute atomic E-state index is 13.3. The fourth-order valence-corrected chi connectivity index (χ4v) is 4.79. The number of rotatable bonds is 10. The number of amides is 1. The number of allylic oxidation sites excluding steroid dienone is 1. The van der Waals surface area contributed by atoms with Gasteiger partial charge in [0.05, 0.1) is 6.61 Å². The molecule has 6 nitrogen and oxygen atoms in total. The quantitative estimate of drug-likeness (QED) is 0.156. The molecule has 39 heavy (non-hydrogen) atoms. The van der Waals surface area contributed by atoms with Crippen LogP contribution in [0.4, 0.5) is 5.69 Å². The molecule has 0 radical (unpaired) electrons. The van der Waals surface area contributed by atoms with Crippen LogP contribution in [0.5, 0.6) is 11.5 Å². The number of piperazine rings is 1. The number of carbonyl (C=O) groups excluding carboxylic acids is 1. The van der Waals surface area contributed by atoms with Crippen LogP contribution in [0, 0.1) is 11.3 Å². The lowest BCUT2D eigenvalue weighted by Crippen LogP contribution is -2.49. The number of para-hydroxylation sites is 1. The summed E-state index contributed by atoms with van der Waals surface area (Å²) < 4.78 is 13.2. The Morgan fingerprint density at radius 1 is 1.05 bits per heavy atom. The number of anilines is 1. The van der Waals surface area contributed by atoms with E-state index >= 15 is 0 Å². The molecule has 0 aliphatic carbocycles. The Kier molecular flexibility index (Phi) is 9.82. The molecule has 1 saturated heterocycles. The lowest BCUT2D eigenvalue weighted by atomic mass is 10.0. The molecule has 7 heteroatoms. The average Bonchev–Trinajstić information content (AvgIpc) is 2.97. The van der Waals surface area contributed by atoms with E-state index in [-0.39, 0.29) is 11.5 Å². The van der Waals surface area contributed by atoms with E-state index in [0.29, 0.717) is 49.8 Å². The molecule has 0 spiro atoms. The largest absolute Gasteiger partial charge is 0.490 e. The number of nitrogens with zero attached hydrogens (tertiary/aromatic N) is 3. The molecule has 0 saturated carbocycles. The maximum atomic E-state index is 13.3. The minimum Gasteiger partial charge on any atom is -0.490 e. The minimum atomic E-state index is -0.260. The molecular formula is C32H32BrN3O3. The highest BCUT2D eigenvalue weighted by Gasteiger charge is 2.24. The van der Waals surface area contributed by atoms with E-state index in [9.17, 15) is 10.1 Å². The van der Waals surface area contributed by atoms with Crippen LogP contribution in [0.15, 0.2) is 89.4 Å². The summed E-state index contributed by atoms with van der Waals surface area (Å²) in [5.74, 6) is 0.948. The zero-order valence-electron chi connectivity index (χ0n) is 22.1. The van der Waals surface area contributed by atoms with E-state index < -0.39 is 0 Å². The molecule has 1 amide bonds. The smallest absolute Gasteiger partial charge is 0.264 e. The van der Waals surface area contributed by atoms with Crippen molar-refractivity contribution in [1.82, 2.24) is 4.90 Å². The van der Waals surface area contributed by atoms with Crippen molar-refractivity contribution in [2.75, 3.05) is 37.7 Å². The number of halogens is 1. The number of carbonyl (C=O) groups is 1. The fraction of sp³-hybridized carbons (Fsp3) is 0.250. The van der Waals surface area contributed by atoms with Gasteiger partial charge in [-0.05, 0) is 66.9 Å². The standard InChI is InChI=1S/C32H32BrN3O3/c1-3-8-26-19-25(21-30(38-4-2)31(26)39-23-24-11-13-28(33)14-12-24)20-27(22-34)32(37)36-17-15-35(16-18-36)29-9-6-5-7-10-29/h3,5-7,9-14,19-21H,1,4,8,15-18,23H2,2H3/b27-20-.